The van der Waals surface area contributed by atoms with Crippen molar-refractivity contribution in [3.63, 3.8) is 0 Å². The zero-order chi connectivity index (χ0) is 11.4. The van der Waals surface area contributed by atoms with E-state index in [9.17, 15) is 4.79 Å². The zero-order valence-electron chi connectivity index (χ0n) is 8.72. The van der Waals surface area contributed by atoms with Crippen LogP contribution < -0.4 is 0 Å². The summed E-state index contributed by atoms with van der Waals surface area (Å²) in [7, 11) is 0. The molecule has 0 aliphatic rings. The van der Waals surface area contributed by atoms with E-state index in [2.05, 4.69) is 11.6 Å². The number of hydrogen-bond donors (Lipinski definition) is 0. The molecule has 0 aliphatic carbocycles. The lowest BCUT2D eigenvalue weighted by molar-refractivity contribution is -0.114. The Kier molecular flexibility index (Phi) is 2.96. The highest BCUT2D eigenvalue weighted by Crippen LogP contribution is 2.23. The lowest BCUT2D eigenvalue weighted by Gasteiger charge is -2.04. The van der Waals surface area contributed by atoms with Gasteiger partial charge in [0.25, 0.3) is 0 Å². The number of aromatic nitrogens is 1. The van der Waals surface area contributed by atoms with Crippen LogP contribution in [-0.2, 0) is 11.2 Å². The van der Waals surface area contributed by atoms with Gasteiger partial charge in [-0.2, -0.15) is 0 Å². The Hall–Kier alpha value is -2.16. The fourth-order valence-corrected chi connectivity index (χ4v) is 1.50. The Morgan fingerprint density at radius 2 is 2.38 bits per heavy atom. The number of pyridine rings is 1. The van der Waals surface area contributed by atoms with Crippen molar-refractivity contribution < 1.29 is 9.21 Å². The lowest BCUT2D eigenvalue weighted by Crippen LogP contribution is -2.00. The van der Waals surface area contributed by atoms with Crippen LogP contribution in [-0.4, -0.2) is 10.8 Å². The number of hydrogen-bond acceptors (Lipinski definition) is 3. The number of furan rings is 1. The molecule has 0 radical (unpaired) electrons. The third-order valence-corrected chi connectivity index (χ3v) is 2.28. The molecule has 2 heterocycles. The Bertz CT molecular complexity index is 500. The second-order valence-corrected chi connectivity index (χ2v) is 3.36. The van der Waals surface area contributed by atoms with Crippen LogP contribution >= 0.6 is 0 Å². The third kappa shape index (κ3) is 2.08. The van der Waals surface area contributed by atoms with Gasteiger partial charge in [-0.3, -0.25) is 9.78 Å². The summed E-state index contributed by atoms with van der Waals surface area (Å²) in [4.78, 5) is 15.3. The van der Waals surface area contributed by atoms with Gasteiger partial charge in [-0.05, 0) is 29.8 Å². The van der Waals surface area contributed by atoms with Gasteiger partial charge in [-0.1, -0.05) is 6.58 Å². The van der Waals surface area contributed by atoms with Crippen LogP contribution in [0.15, 0.2) is 53.9 Å². The third-order valence-electron chi connectivity index (χ3n) is 2.28. The predicted molar refractivity (Wildman–Crippen MR) is 60.8 cm³/mol. The molecule has 0 spiro atoms. The first kappa shape index (κ1) is 10.4. The van der Waals surface area contributed by atoms with Crippen LogP contribution in [0, 0.1) is 0 Å². The lowest BCUT2D eigenvalue weighted by atomic mass is 10.0. The summed E-state index contributed by atoms with van der Waals surface area (Å²) in [5.41, 5.74) is 1.75. The first-order valence-corrected chi connectivity index (χ1v) is 4.93. The van der Waals surface area contributed by atoms with Crippen molar-refractivity contribution >= 4 is 5.78 Å². The second-order valence-electron chi connectivity index (χ2n) is 3.36. The molecule has 2 aromatic rings. The summed E-state index contributed by atoms with van der Waals surface area (Å²) in [6.07, 6.45) is 6.58. The maximum Gasteiger partial charge on any atom is 0.159 e. The fourth-order valence-electron chi connectivity index (χ4n) is 1.50. The Morgan fingerprint density at radius 3 is 3.06 bits per heavy atom. The van der Waals surface area contributed by atoms with Gasteiger partial charge >= 0.3 is 0 Å². The molecule has 0 unspecified atom stereocenters. The molecule has 0 atom stereocenters. The highest BCUT2D eigenvalue weighted by Gasteiger charge is 2.09. The summed E-state index contributed by atoms with van der Waals surface area (Å²) >= 11 is 0. The first-order valence-electron chi connectivity index (χ1n) is 4.93. The van der Waals surface area contributed by atoms with E-state index in [-0.39, 0.29) is 5.78 Å². The van der Waals surface area contributed by atoms with Crippen LogP contribution in [0.4, 0.5) is 0 Å². The van der Waals surface area contributed by atoms with Crippen molar-refractivity contribution in [2.75, 3.05) is 0 Å². The van der Waals surface area contributed by atoms with Gasteiger partial charge in [0.2, 0.25) is 0 Å². The van der Waals surface area contributed by atoms with E-state index in [0.29, 0.717) is 6.42 Å². The monoisotopic (exact) mass is 213 g/mol. The van der Waals surface area contributed by atoms with Gasteiger partial charge in [0.1, 0.15) is 5.76 Å². The summed E-state index contributed by atoms with van der Waals surface area (Å²) in [6.45, 7) is 3.46. The molecule has 0 saturated heterocycles. The maximum atomic E-state index is 11.3. The molecule has 2 rings (SSSR count). The summed E-state index contributed by atoms with van der Waals surface area (Å²) in [6, 6.07) is 5.51. The normalized spacial score (nSPS) is 10.0. The predicted octanol–water partition coefficient (Wildman–Crippen LogP) is 2.64. The fraction of sp³-hybridized carbons (Fsp3) is 0.0769. The first-order chi connectivity index (χ1) is 7.81. The van der Waals surface area contributed by atoms with Gasteiger partial charge < -0.3 is 4.42 Å². The number of allylic oxidation sites excluding steroid dienone is 1. The molecule has 0 fully saturated rings. The number of nitrogens with zero attached hydrogens (tertiary/aromatic N) is 1. The van der Waals surface area contributed by atoms with Crippen LogP contribution in [0.5, 0.6) is 0 Å². The summed E-state index contributed by atoms with van der Waals surface area (Å²) < 4.78 is 5.31. The number of rotatable bonds is 4. The van der Waals surface area contributed by atoms with Gasteiger partial charge in [0.15, 0.2) is 5.78 Å². The second kappa shape index (κ2) is 4.57. The molecular weight excluding hydrogens is 202 g/mol. The van der Waals surface area contributed by atoms with Crippen LogP contribution in [0.3, 0.4) is 0 Å². The van der Waals surface area contributed by atoms with Crippen molar-refractivity contribution in [1.29, 1.82) is 0 Å². The van der Waals surface area contributed by atoms with Gasteiger partial charge in [0.05, 0.1) is 6.26 Å². The standard InChI is InChI=1S/C13H11NO2/c1-2-11(15)8-10-9-14-6-5-12(10)13-4-3-7-16-13/h2-7,9H,1,8H2. The topological polar surface area (TPSA) is 43.1 Å². The van der Waals surface area contributed by atoms with Crippen LogP contribution in [0.2, 0.25) is 0 Å². The Balaban J connectivity index is 2.38. The molecule has 0 aliphatic heterocycles. The molecule has 3 heteroatoms. The molecule has 0 amide bonds. The Labute approximate surface area is 93.4 Å². The van der Waals surface area contributed by atoms with Crippen molar-refractivity contribution in [3.05, 3.63) is 55.1 Å². The van der Waals surface area contributed by atoms with E-state index in [1.165, 1.54) is 6.08 Å². The largest absolute Gasteiger partial charge is 0.464 e. The minimum Gasteiger partial charge on any atom is -0.464 e. The van der Waals surface area contributed by atoms with E-state index >= 15 is 0 Å². The highest BCUT2D eigenvalue weighted by atomic mass is 16.3. The molecule has 0 bridgehead atoms. The van der Waals surface area contributed by atoms with E-state index in [4.69, 9.17) is 4.42 Å². The molecule has 3 nitrogen and oxygen atoms in total. The Morgan fingerprint density at radius 1 is 1.50 bits per heavy atom. The minimum absolute atomic E-state index is 0.0270. The molecule has 16 heavy (non-hydrogen) atoms. The average Bonchev–Trinajstić information content (AvgIpc) is 2.83. The maximum absolute atomic E-state index is 11.3. The molecule has 0 aromatic carbocycles. The van der Waals surface area contributed by atoms with Gasteiger partial charge in [-0.15, -0.1) is 0 Å². The highest BCUT2D eigenvalue weighted by molar-refractivity contribution is 5.91. The molecular formula is C13H11NO2. The van der Waals surface area contributed by atoms with Crippen molar-refractivity contribution in [2.24, 2.45) is 0 Å². The van der Waals surface area contributed by atoms with Crippen molar-refractivity contribution in [2.45, 2.75) is 6.42 Å². The molecule has 0 N–H and O–H groups in total. The SMILES string of the molecule is C=CC(=O)Cc1cnccc1-c1ccco1. The van der Waals surface area contributed by atoms with Gasteiger partial charge in [0, 0.05) is 24.4 Å². The summed E-state index contributed by atoms with van der Waals surface area (Å²) in [5, 5.41) is 0. The van der Waals surface area contributed by atoms with E-state index in [1.54, 1.807) is 18.7 Å². The number of carbonyl (C=O) groups excluding carboxylic acids is 1. The smallest absolute Gasteiger partial charge is 0.159 e. The molecule has 80 valence electrons. The van der Waals surface area contributed by atoms with Crippen molar-refractivity contribution in [1.82, 2.24) is 4.98 Å². The van der Waals surface area contributed by atoms with Crippen molar-refractivity contribution in [3.8, 4) is 11.3 Å². The minimum atomic E-state index is -0.0270. The van der Waals surface area contributed by atoms with Gasteiger partial charge in [-0.25, -0.2) is 0 Å². The molecule has 0 saturated carbocycles. The quantitative estimate of drug-likeness (QED) is 0.733. The number of ketones is 1. The van der Waals surface area contributed by atoms with E-state index < -0.39 is 0 Å². The summed E-state index contributed by atoms with van der Waals surface area (Å²) in [5.74, 6) is 0.718. The van der Waals surface area contributed by atoms with Crippen LogP contribution in [0.1, 0.15) is 5.56 Å². The van der Waals surface area contributed by atoms with E-state index in [1.807, 2.05) is 18.2 Å². The molecule has 2 aromatic heterocycles. The van der Waals surface area contributed by atoms with Crippen LogP contribution in [0.25, 0.3) is 11.3 Å². The zero-order valence-corrected chi connectivity index (χ0v) is 8.72. The number of carbonyl (C=O) groups is 1. The average molecular weight is 213 g/mol. The van der Waals surface area contributed by atoms with E-state index in [0.717, 1.165) is 16.9 Å².